The van der Waals surface area contributed by atoms with Crippen LogP contribution in [-0.2, 0) is 9.59 Å². The molecule has 1 saturated heterocycles. The first-order valence-corrected chi connectivity index (χ1v) is 5.54. The summed E-state index contributed by atoms with van der Waals surface area (Å²) in [7, 11) is 0. The van der Waals surface area contributed by atoms with E-state index >= 15 is 0 Å². The van der Waals surface area contributed by atoms with Crippen LogP contribution in [0.2, 0.25) is 0 Å². The number of imide groups is 1. The minimum absolute atomic E-state index is 0.133. The maximum atomic E-state index is 12.0. The average Bonchev–Trinajstić information content (AvgIpc) is 2.39. The molecule has 3 amide bonds. The zero-order valence-electron chi connectivity index (χ0n) is 10.0. The summed E-state index contributed by atoms with van der Waals surface area (Å²) in [5.74, 6) is -0.482. The van der Waals surface area contributed by atoms with Crippen LogP contribution in [0, 0.1) is 0 Å². The minimum atomic E-state index is -0.831. The first-order valence-electron chi connectivity index (χ1n) is 5.54. The molecule has 0 bridgehead atoms. The van der Waals surface area contributed by atoms with Gasteiger partial charge in [0.05, 0.1) is 6.54 Å². The summed E-state index contributed by atoms with van der Waals surface area (Å²) in [6, 6.07) is -0.459. The molecule has 5 heteroatoms. The molecule has 0 aromatic rings. The van der Waals surface area contributed by atoms with E-state index in [0.29, 0.717) is 6.42 Å². The molecule has 16 heavy (non-hydrogen) atoms. The number of hydrogen-bond acceptors (Lipinski definition) is 3. The van der Waals surface area contributed by atoms with Crippen LogP contribution in [0.4, 0.5) is 4.79 Å². The molecule has 1 unspecified atom stereocenters. The summed E-state index contributed by atoms with van der Waals surface area (Å²) in [5, 5.41) is 2.66. The zero-order valence-corrected chi connectivity index (χ0v) is 10.0. The number of rotatable bonds is 5. The topological polar surface area (TPSA) is 66.5 Å². The maximum absolute atomic E-state index is 12.0. The van der Waals surface area contributed by atoms with Crippen molar-refractivity contribution in [1.29, 1.82) is 0 Å². The van der Waals surface area contributed by atoms with E-state index in [1.54, 1.807) is 6.92 Å². The van der Waals surface area contributed by atoms with E-state index in [1.807, 2.05) is 6.92 Å². The maximum Gasteiger partial charge on any atom is 0.325 e. The Morgan fingerprint density at radius 3 is 2.56 bits per heavy atom. The van der Waals surface area contributed by atoms with Crippen LogP contribution in [-0.4, -0.2) is 34.7 Å². The quantitative estimate of drug-likeness (QED) is 0.713. The van der Waals surface area contributed by atoms with Gasteiger partial charge in [-0.3, -0.25) is 14.5 Å². The van der Waals surface area contributed by atoms with Gasteiger partial charge in [-0.25, -0.2) is 4.79 Å². The fourth-order valence-electron chi connectivity index (χ4n) is 1.81. The van der Waals surface area contributed by atoms with Crippen LogP contribution >= 0.6 is 0 Å². The Labute approximate surface area is 95.2 Å². The summed E-state index contributed by atoms with van der Waals surface area (Å²) in [5.41, 5.74) is -0.831. The number of carbonyl (C=O) groups is 3. The molecule has 0 aromatic heterocycles. The van der Waals surface area contributed by atoms with Crippen molar-refractivity contribution in [2.45, 2.75) is 45.6 Å². The molecule has 1 atom stereocenters. The van der Waals surface area contributed by atoms with Crippen molar-refractivity contribution in [3.63, 3.8) is 0 Å². The Kier molecular flexibility index (Phi) is 3.67. The third-order valence-corrected chi connectivity index (χ3v) is 2.76. The van der Waals surface area contributed by atoms with Gasteiger partial charge in [0.15, 0.2) is 0 Å². The van der Waals surface area contributed by atoms with Crippen molar-refractivity contribution in [2.75, 3.05) is 6.54 Å². The molecule has 1 aliphatic heterocycles. The second-order valence-electron chi connectivity index (χ2n) is 4.46. The van der Waals surface area contributed by atoms with Gasteiger partial charge in [-0.1, -0.05) is 19.8 Å². The fraction of sp³-hybridized carbons (Fsp3) is 0.727. The van der Waals surface area contributed by atoms with E-state index in [1.165, 1.54) is 6.92 Å². The first kappa shape index (κ1) is 12.7. The highest BCUT2D eigenvalue weighted by molar-refractivity contribution is 6.08. The van der Waals surface area contributed by atoms with Crippen LogP contribution in [0.15, 0.2) is 0 Å². The number of carbonyl (C=O) groups excluding carboxylic acids is 3. The van der Waals surface area contributed by atoms with Crippen LogP contribution in [0.1, 0.15) is 40.0 Å². The lowest BCUT2D eigenvalue weighted by atomic mass is 9.95. The first-order chi connectivity index (χ1) is 7.40. The van der Waals surface area contributed by atoms with Gasteiger partial charge in [0, 0.05) is 0 Å². The van der Waals surface area contributed by atoms with Gasteiger partial charge in [0.2, 0.25) is 0 Å². The predicted molar refractivity (Wildman–Crippen MR) is 58.9 cm³/mol. The summed E-state index contributed by atoms with van der Waals surface area (Å²) in [6.07, 6.45) is 2.45. The largest absolute Gasteiger partial charge is 0.325 e. The lowest BCUT2D eigenvalue weighted by Crippen LogP contribution is -2.44. The molecule has 0 saturated carbocycles. The molecule has 1 heterocycles. The number of nitrogens with one attached hydrogen (secondary N) is 1. The van der Waals surface area contributed by atoms with Crippen LogP contribution in [0.3, 0.4) is 0 Å². The highest BCUT2D eigenvalue weighted by atomic mass is 16.2. The van der Waals surface area contributed by atoms with Crippen LogP contribution in [0.5, 0.6) is 0 Å². The van der Waals surface area contributed by atoms with Crippen molar-refractivity contribution >= 4 is 17.7 Å². The van der Waals surface area contributed by atoms with Crippen molar-refractivity contribution < 1.29 is 14.4 Å². The Morgan fingerprint density at radius 2 is 2.06 bits per heavy atom. The van der Waals surface area contributed by atoms with E-state index < -0.39 is 11.6 Å². The highest BCUT2D eigenvalue weighted by Gasteiger charge is 2.47. The summed E-state index contributed by atoms with van der Waals surface area (Å²) in [6.45, 7) is 4.97. The number of hydrogen-bond donors (Lipinski definition) is 1. The third-order valence-electron chi connectivity index (χ3n) is 2.76. The molecule has 0 aliphatic carbocycles. The third kappa shape index (κ3) is 2.40. The number of urea groups is 1. The standard InChI is InChI=1S/C11H18N2O3/c1-4-5-6-11(3)9(15)13(7-8(2)14)10(16)12-11/h4-7H2,1-3H3,(H,12,16). The van der Waals surface area contributed by atoms with Gasteiger partial charge in [-0.05, 0) is 20.3 Å². The molecular formula is C11H18N2O3. The number of nitrogens with zero attached hydrogens (tertiary/aromatic N) is 1. The van der Waals surface area contributed by atoms with Crippen LogP contribution < -0.4 is 5.32 Å². The van der Waals surface area contributed by atoms with Crippen molar-refractivity contribution in [1.82, 2.24) is 10.2 Å². The van der Waals surface area contributed by atoms with E-state index in [4.69, 9.17) is 0 Å². The van der Waals surface area contributed by atoms with Gasteiger partial charge in [0.25, 0.3) is 5.91 Å². The monoisotopic (exact) mass is 226 g/mol. The van der Waals surface area contributed by atoms with Gasteiger partial charge in [-0.15, -0.1) is 0 Å². The number of unbranched alkanes of at least 4 members (excludes halogenated alkanes) is 1. The molecule has 1 aliphatic rings. The Morgan fingerprint density at radius 1 is 1.44 bits per heavy atom. The smallest absolute Gasteiger partial charge is 0.323 e. The van der Waals surface area contributed by atoms with Gasteiger partial charge < -0.3 is 5.32 Å². The lowest BCUT2D eigenvalue weighted by Gasteiger charge is -2.20. The lowest BCUT2D eigenvalue weighted by molar-refractivity contribution is -0.133. The van der Waals surface area contributed by atoms with Crippen molar-refractivity contribution in [3.05, 3.63) is 0 Å². The second kappa shape index (κ2) is 4.63. The summed E-state index contributed by atoms with van der Waals surface area (Å²) >= 11 is 0. The van der Waals surface area contributed by atoms with E-state index in [2.05, 4.69) is 5.32 Å². The highest BCUT2D eigenvalue weighted by Crippen LogP contribution is 2.23. The molecule has 0 radical (unpaired) electrons. The van der Waals surface area contributed by atoms with Crippen molar-refractivity contribution in [3.8, 4) is 0 Å². The van der Waals surface area contributed by atoms with E-state index in [0.717, 1.165) is 17.7 Å². The average molecular weight is 226 g/mol. The van der Waals surface area contributed by atoms with Gasteiger partial charge in [-0.2, -0.15) is 0 Å². The van der Waals surface area contributed by atoms with E-state index in [-0.39, 0.29) is 18.2 Å². The van der Waals surface area contributed by atoms with Gasteiger partial charge >= 0.3 is 6.03 Å². The molecule has 1 N–H and O–H groups in total. The SMILES string of the molecule is CCCCC1(C)NC(=O)N(CC(C)=O)C1=O. The molecule has 0 aromatic carbocycles. The second-order valence-corrected chi connectivity index (χ2v) is 4.46. The predicted octanol–water partition coefficient (Wildman–Crippen LogP) is 1.08. The summed E-state index contributed by atoms with van der Waals surface area (Å²) in [4.78, 5) is 35.5. The molecule has 1 fully saturated rings. The molecule has 1 rings (SSSR count). The molecule has 90 valence electrons. The fourth-order valence-corrected chi connectivity index (χ4v) is 1.81. The molecular weight excluding hydrogens is 208 g/mol. The van der Waals surface area contributed by atoms with Gasteiger partial charge in [0.1, 0.15) is 11.3 Å². The Bertz CT molecular complexity index is 327. The minimum Gasteiger partial charge on any atom is -0.323 e. The zero-order chi connectivity index (χ0) is 12.3. The molecule has 0 spiro atoms. The number of amides is 3. The summed E-state index contributed by atoms with van der Waals surface area (Å²) < 4.78 is 0. The van der Waals surface area contributed by atoms with E-state index in [9.17, 15) is 14.4 Å². The van der Waals surface area contributed by atoms with Crippen LogP contribution in [0.25, 0.3) is 0 Å². The normalized spacial score (nSPS) is 24.8. The Hall–Kier alpha value is -1.39. The Balaban J connectivity index is 2.76. The molecule has 5 nitrogen and oxygen atoms in total. The van der Waals surface area contributed by atoms with Crippen molar-refractivity contribution in [2.24, 2.45) is 0 Å². The number of Topliss-reactive ketones (excluding diaryl/α,β-unsaturated/α-hetero) is 1. The number of ketones is 1.